The minimum absolute atomic E-state index is 0.0227. The van der Waals surface area contributed by atoms with Crippen LogP contribution in [0.1, 0.15) is 52.3 Å². The van der Waals surface area contributed by atoms with E-state index in [0.717, 1.165) is 5.56 Å². The number of amides is 2. The number of carbonyl (C=O) groups excluding carboxylic acids is 2. The Morgan fingerprint density at radius 3 is 2.62 bits per heavy atom. The summed E-state index contributed by atoms with van der Waals surface area (Å²) < 4.78 is 5.50. The molecule has 0 spiro atoms. The Hall–Kier alpha value is -3.19. The van der Waals surface area contributed by atoms with Gasteiger partial charge in [-0.3, -0.25) is 14.6 Å². The van der Waals surface area contributed by atoms with E-state index in [9.17, 15) is 9.59 Å². The van der Waals surface area contributed by atoms with Crippen LogP contribution in [0.4, 0.5) is 5.69 Å². The maximum absolute atomic E-state index is 12.6. The first-order valence-corrected chi connectivity index (χ1v) is 9.47. The molecule has 0 aliphatic rings. The quantitative estimate of drug-likeness (QED) is 0.625. The second kappa shape index (κ2) is 8.87. The summed E-state index contributed by atoms with van der Waals surface area (Å²) in [5.74, 6) is -0.537. The summed E-state index contributed by atoms with van der Waals surface area (Å²) in [6.45, 7) is 5.66. The Balaban J connectivity index is 1.76. The normalized spacial score (nSPS) is 11.9. The number of benzene rings is 1. The summed E-state index contributed by atoms with van der Waals surface area (Å²) in [7, 11) is 0. The number of hydrogen-bond donors (Lipinski definition) is 2. The van der Waals surface area contributed by atoms with Crippen molar-refractivity contribution in [1.82, 2.24) is 15.3 Å². The van der Waals surface area contributed by atoms with E-state index >= 15 is 0 Å². The summed E-state index contributed by atoms with van der Waals surface area (Å²) in [6, 6.07) is 9.86. The van der Waals surface area contributed by atoms with Crippen LogP contribution in [0.5, 0.6) is 0 Å². The van der Waals surface area contributed by atoms with E-state index in [4.69, 9.17) is 16.0 Å². The van der Waals surface area contributed by atoms with Crippen molar-refractivity contribution in [2.45, 2.75) is 26.8 Å². The van der Waals surface area contributed by atoms with Crippen LogP contribution in [0.2, 0.25) is 5.02 Å². The Bertz CT molecular complexity index is 1030. The molecule has 8 heteroatoms. The van der Waals surface area contributed by atoms with Crippen molar-refractivity contribution < 1.29 is 14.0 Å². The highest BCUT2D eigenvalue weighted by atomic mass is 35.5. The van der Waals surface area contributed by atoms with Gasteiger partial charge in [0.2, 0.25) is 5.89 Å². The number of halogens is 1. The van der Waals surface area contributed by atoms with Gasteiger partial charge in [-0.25, -0.2) is 4.98 Å². The summed E-state index contributed by atoms with van der Waals surface area (Å²) in [6.07, 6.45) is 2.83. The average molecular weight is 413 g/mol. The van der Waals surface area contributed by atoms with Crippen LogP contribution in [0, 0.1) is 12.8 Å². The van der Waals surface area contributed by atoms with Gasteiger partial charge < -0.3 is 15.1 Å². The highest BCUT2D eigenvalue weighted by molar-refractivity contribution is 6.30. The zero-order valence-corrected chi connectivity index (χ0v) is 17.0. The lowest BCUT2D eigenvalue weighted by Gasteiger charge is -2.19. The molecule has 2 N–H and O–H groups in total. The first-order valence-electron chi connectivity index (χ1n) is 9.10. The van der Waals surface area contributed by atoms with E-state index in [1.54, 1.807) is 36.5 Å². The van der Waals surface area contributed by atoms with Crippen LogP contribution >= 0.6 is 11.6 Å². The number of oxazole rings is 1. The molecule has 0 saturated carbocycles. The number of hydrogen-bond acceptors (Lipinski definition) is 5. The number of nitrogens with zero attached hydrogens (tertiary/aromatic N) is 2. The van der Waals surface area contributed by atoms with Gasteiger partial charge >= 0.3 is 0 Å². The molecule has 2 heterocycles. The molecule has 1 atom stereocenters. The van der Waals surface area contributed by atoms with Crippen LogP contribution in [0.15, 0.2) is 53.3 Å². The van der Waals surface area contributed by atoms with Gasteiger partial charge in [0.25, 0.3) is 11.8 Å². The van der Waals surface area contributed by atoms with Gasteiger partial charge in [0, 0.05) is 16.9 Å². The van der Waals surface area contributed by atoms with E-state index in [2.05, 4.69) is 20.6 Å². The molecule has 150 valence electrons. The van der Waals surface area contributed by atoms with Crippen LogP contribution in [-0.2, 0) is 0 Å². The molecule has 3 rings (SSSR count). The summed E-state index contributed by atoms with van der Waals surface area (Å²) in [5, 5.41) is 6.11. The molecule has 0 bridgehead atoms. The Morgan fingerprint density at radius 1 is 1.14 bits per heavy atom. The number of nitrogens with one attached hydrogen (secondary N) is 2. The molecule has 29 heavy (non-hydrogen) atoms. The van der Waals surface area contributed by atoms with E-state index in [-0.39, 0.29) is 23.4 Å². The van der Waals surface area contributed by atoms with Crippen molar-refractivity contribution >= 4 is 29.1 Å². The molecule has 0 aliphatic heterocycles. The number of anilines is 1. The highest BCUT2D eigenvalue weighted by Gasteiger charge is 2.26. The van der Waals surface area contributed by atoms with Crippen molar-refractivity contribution in [2.75, 3.05) is 5.32 Å². The number of carbonyl (C=O) groups is 2. The SMILES string of the molecule is Cc1cccnc1C(=O)N[C@@H](c1nc(C(=O)Nc2cccc(Cl)c2)co1)C(C)C. The molecular weight excluding hydrogens is 392 g/mol. The fourth-order valence-electron chi connectivity index (χ4n) is 2.74. The topological polar surface area (TPSA) is 97.1 Å². The van der Waals surface area contributed by atoms with Crippen LogP contribution in [0.3, 0.4) is 0 Å². The Labute approximate surface area is 173 Å². The third-order valence-corrected chi connectivity index (χ3v) is 4.52. The predicted molar refractivity (Wildman–Crippen MR) is 110 cm³/mol. The van der Waals surface area contributed by atoms with Gasteiger partial charge in [0.15, 0.2) is 5.69 Å². The maximum Gasteiger partial charge on any atom is 0.277 e. The predicted octanol–water partition coefficient (Wildman–Crippen LogP) is 4.41. The van der Waals surface area contributed by atoms with Gasteiger partial charge in [-0.2, -0.15) is 0 Å². The minimum atomic E-state index is -0.517. The molecular formula is C21H21ClN4O3. The minimum Gasteiger partial charge on any atom is -0.446 e. The summed E-state index contributed by atoms with van der Waals surface area (Å²) in [5.41, 5.74) is 1.76. The zero-order chi connectivity index (χ0) is 21.0. The van der Waals surface area contributed by atoms with Gasteiger partial charge in [0.05, 0.1) is 0 Å². The fraction of sp³-hybridized carbons (Fsp3) is 0.238. The van der Waals surface area contributed by atoms with E-state index in [1.807, 2.05) is 26.8 Å². The first kappa shape index (κ1) is 20.5. The highest BCUT2D eigenvalue weighted by Crippen LogP contribution is 2.23. The van der Waals surface area contributed by atoms with Crippen molar-refractivity contribution in [1.29, 1.82) is 0 Å². The fourth-order valence-corrected chi connectivity index (χ4v) is 2.93. The molecule has 7 nitrogen and oxygen atoms in total. The lowest BCUT2D eigenvalue weighted by Crippen LogP contribution is -2.33. The van der Waals surface area contributed by atoms with Crippen molar-refractivity contribution in [2.24, 2.45) is 5.92 Å². The van der Waals surface area contributed by atoms with E-state index in [1.165, 1.54) is 6.26 Å². The molecule has 3 aromatic rings. The Kier molecular flexibility index (Phi) is 6.29. The first-order chi connectivity index (χ1) is 13.8. The van der Waals surface area contributed by atoms with Crippen molar-refractivity contribution in [3.8, 4) is 0 Å². The van der Waals surface area contributed by atoms with Crippen molar-refractivity contribution in [3.05, 3.63) is 76.7 Å². The molecule has 0 radical (unpaired) electrons. The molecule has 2 amide bonds. The second-order valence-electron chi connectivity index (χ2n) is 6.90. The zero-order valence-electron chi connectivity index (χ0n) is 16.3. The Morgan fingerprint density at radius 2 is 1.93 bits per heavy atom. The summed E-state index contributed by atoms with van der Waals surface area (Å²) in [4.78, 5) is 33.5. The van der Waals surface area contributed by atoms with Crippen LogP contribution in [-0.4, -0.2) is 21.8 Å². The summed E-state index contributed by atoms with van der Waals surface area (Å²) >= 11 is 5.93. The largest absolute Gasteiger partial charge is 0.446 e. The average Bonchev–Trinajstić information content (AvgIpc) is 3.16. The molecule has 0 fully saturated rings. The molecule has 0 aliphatic carbocycles. The standard InChI is InChI=1S/C21H21ClN4O3/c1-12(2)17(26-20(28)18-13(3)6-5-9-23-18)21-25-16(11-29-21)19(27)24-15-8-4-7-14(22)10-15/h4-12,17H,1-3H3,(H,24,27)(H,26,28)/t17-/m1/s1. The van der Waals surface area contributed by atoms with Gasteiger partial charge in [-0.1, -0.05) is 37.6 Å². The van der Waals surface area contributed by atoms with Crippen LogP contribution in [0.25, 0.3) is 0 Å². The second-order valence-corrected chi connectivity index (χ2v) is 7.34. The maximum atomic E-state index is 12.6. The molecule has 2 aromatic heterocycles. The number of pyridine rings is 1. The van der Waals surface area contributed by atoms with E-state index in [0.29, 0.717) is 16.4 Å². The number of rotatable bonds is 6. The van der Waals surface area contributed by atoms with Gasteiger partial charge in [-0.05, 0) is 42.7 Å². The van der Waals surface area contributed by atoms with Crippen molar-refractivity contribution in [3.63, 3.8) is 0 Å². The van der Waals surface area contributed by atoms with Gasteiger partial charge in [-0.15, -0.1) is 0 Å². The molecule has 1 aromatic carbocycles. The lowest BCUT2D eigenvalue weighted by molar-refractivity contribution is 0.0910. The monoisotopic (exact) mass is 412 g/mol. The van der Waals surface area contributed by atoms with E-state index < -0.39 is 11.9 Å². The lowest BCUT2D eigenvalue weighted by atomic mass is 10.0. The third kappa shape index (κ3) is 5.00. The number of aryl methyl sites for hydroxylation is 1. The molecule has 0 unspecified atom stereocenters. The smallest absolute Gasteiger partial charge is 0.277 e. The molecule has 0 saturated heterocycles. The van der Waals surface area contributed by atoms with Gasteiger partial charge in [0.1, 0.15) is 18.0 Å². The number of aromatic nitrogens is 2. The van der Waals surface area contributed by atoms with Crippen LogP contribution < -0.4 is 10.6 Å². The third-order valence-electron chi connectivity index (χ3n) is 4.28.